The lowest BCUT2D eigenvalue weighted by molar-refractivity contribution is -0.123. The van der Waals surface area contributed by atoms with Crippen LogP contribution in [0.15, 0.2) is 29.2 Å². The highest BCUT2D eigenvalue weighted by Gasteiger charge is 2.45. The van der Waals surface area contributed by atoms with Gasteiger partial charge in [-0.3, -0.25) is 4.79 Å². The van der Waals surface area contributed by atoms with Crippen LogP contribution in [-0.4, -0.2) is 19.9 Å². The number of rotatable bonds is 4. The van der Waals surface area contributed by atoms with E-state index in [-0.39, 0.29) is 10.8 Å². The molecule has 18 heavy (non-hydrogen) atoms. The molecule has 0 atom stereocenters. The third-order valence-electron chi connectivity index (χ3n) is 2.95. The molecule has 1 fully saturated rings. The molecule has 0 unspecified atom stereocenters. The Morgan fingerprint density at radius 3 is 2.28 bits per heavy atom. The molecule has 98 valence electrons. The molecule has 5 N–H and O–H groups in total. The van der Waals surface area contributed by atoms with E-state index in [1.165, 1.54) is 12.1 Å². The van der Waals surface area contributed by atoms with Gasteiger partial charge in [-0.2, -0.15) is 0 Å². The first-order valence-electron chi connectivity index (χ1n) is 5.50. The van der Waals surface area contributed by atoms with Gasteiger partial charge in [0.05, 0.1) is 10.4 Å². The summed E-state index contributed by atoms with van der Waals surface area (Å²) in [6.07, 6.45) is 1.42. The van der Waals surface area contributed by atoms with E-state index >= 15 is 0 Å². The summed E-state index contributed by atoms with van der Waals surface area (Å²) in [4.78, 5) is 11.6. The van der Waals surface area contributed by atoms with Gasteiger partial charge in [0.2, 0.25) is 15.9 Å². The third kappa shape index (κ3) is 2.87. The summed E-state index contributed by atoms with van der Waals surface area (Å²) >= 11 is 0. The van der Waals surface area contributed by atoms with Gasteiger partial charge >= 0.3 is 0 Å². The maximum absolute atomic E-state index is 11.6. The Hall–Kier alpha value is -1.44. The molecule has 0 radical (unpaired) electrons. The number of primary sulfonamides is 1. The maximum atomic E-state index is 11.6. The fourth-order valence-electron chi connectivity index (χ4n) is 1.52. The van der Waals surface area contributed by atoms with Gasteiger partial charge in [-0.15, -0.1) is 0 Å². The number of nitrogens with two attached hydrogens (primary N) is 2. The van der Waals surface area contributed by atoms with Crippen LogP contribution in [0.3, 0.4) is 0 Å². The Labute approximate surface area is 105 Å². The van der Waals surface area contributed by atoms with E-state index in [0.29, 0.717) is 19.4 Å². The molecule has 2 rings (SSSR count). The monoisotopic (exact) mass is 269 g/mol. The predicted molar refractivity (Wildman–Crippen MR) is 65.8 cm³/mol. The van der Waals surface area contributed by atoms with Gasteiger partial charge in [0, 0.05) is 6.54 Å². The van der Waals surface area contributed by atoms with Crippen LogP contribution < -0.4 is 16.2 Å². The average Bonchev–Trinajstić information content (AvgIpc) is 3.05. The molecule has 1 aromatic carbocycles. The van der Waals surface area contributed by atoms with Crippen molar-refractivity contribution in [3.63, 3.8) is 0 Å². The number of nitrogens with one attached hydrogen (secondary N) is 1. The number of carbonyl (C=O) groups is 1. The van der Waals surface area contributed by atoms with Crippen molar-refractivity contribution < 1.29 is 13.2 Å². The second kappa shape index (κ2) is 4.34. The van der Waals surface area contributed by atoms with Crippen LogP contribution in [0, 0.1) is 0 Å². The van der Waals surface area contributed by atoms with Crippen molar-refractivity contribution in [2.75, 3.05) is 0 Å². The van der Waals surface area contributed by atoms with Gasteiger partial charge in [0.15, 0.2) is 0 Å². The van der Waals surface area contributed by atoms with Crippen molar-refractivity contribution in [3.8, 4) is 0 Å². The summed E-state index contributed by atoms with van der Waals surface area (Å²) < 4.78 is 22.1. The number of sulfonamides is 1. The summed E-state index contributed by atoms with van der Waals surface area (Å²) in [5.41, 5.74) is 5.83. The van der Waals surface area contributed by atoms with E-state index < -0.39 is 15.6 Å². The van der Waals surface area contributed by atoms with Crippen molar-refractivity contribution in [2.24, 2.45) is 10.9 Å². The van der Waals surface area contributed by atoms with Crippen LogP contribution in [0.2, 0.25) is 0 Å². The fourth-order valence-corrected chi connectivity index (χ4v) is 2.03. The predicted octanol–water partition coefficient (Wildman–Crippen LogP) is -0.558. The smallest absolute Gasteiger partial charge is 0.240 e. The first-order chi connectivity index (χ1) is 8.31. The van der Waals surface area contributed by atoms with Gasteiger partial charge in [0.1, 0.15) is 0 Å². The molecule has 0 saturated heterocycles. The van der Waals surface area contributed by atoms with Gasteiger partial charge < -0.3 is 11.1 Å². The van der Waals surface area contributed by atoms with Gasteiger partial charge in [0.25, 0.3) is 0 Å². The lowest BCUT2D eigenvalue weighted by Gasteiger charge is -2.10. The van der Waals surface area contributed by atoms with E-state index in [4.69, 9.17) is 10.9 Å². The molecule has 1 saturated carbocycles. The minimum absolute atomic E-state index is 0.0510. The number of hydrogen-bond acceptors (Lipinski definition) is 4. The standard InChI is InChI=1S/C11H15N3O3S/c12-11(5-6-11)10(15)14-7-8-1-3-9(4-2-8)18(13,16)17/h1-4H,5-7,12H2,(H,14,15)(H2,13,16,17). The molecule has 0 heterocycles. The van der Waals surface area contributed by atoms with E-state index in [9.17, 15) is 13.2 Å². The third-order valence-corrected chi connectivity index (χ3v) is 3.88. The number of carbonyl (C=O) groups excluding carboxylic acids is 1. The zero-order chi connectivity index (χ0) is 13.4. The molecule has 7 heteroatoms. The molecule has 0 aromatic heterocycles. The summed E-state index contributed by atoms with van der Waals surface area (Å²) in [7, 11) is -3.67. The summed E-state index contributed by atoms with van der Waals surface area (Å²) in [5, 5.41) is 7.70. The highest BCUT2D eigenvalue weighted by molar-refractivity contribution is 7.89. The topological polar surface area (TPSA) is 115 Å². The molecular formula is C11H15N3O3S. The van der Waals surface area contributed by atoms with Gasteiger partial charge in [-0.1, -0.05) is 12.1 Å². The Bertz CT molecular complexity index is 562. The van der Waals surface area contributed by atoms with Gasteiger partial charge in [-0.05, 0) is 30.5 Å². The first-order valence-corrected chi connectivity index (χ1v) is 7.05. The second-order valence-corrected chi connectivity index (χ2v) is 6.09. The normalized spacial score (nSPS) is 17.2. The SMILES string of the molecule is NC1(C(=O)NCc2ccc(S(N)(=O)=O)cc2)CC1. The van der Waals surface area contributed by atoms with Crippen molar-refractivity contribution in [1.82, 2.24) is 5.32 Å². The Morgan fingerprint density at radius 1 is 1.28 bits per heavy atom. The van der Waals surface area contributed by atoms with Crippen molar-refractivity contribution in [3.05, 3.63) is 29.8 Å². The second-order valence-electron chi connectivity index (χ2n) is 4.53. The molecule has 0 bridgehead atoms. The lowest BCUT2D eigenvalue weighted by atomic mass is 10.2. The van der Waals surface area contributed by atoms with Crippen molar-refractivity contribution in [1.29, 1.82) is 0 Å². The minimum Gasteiger partial charge on any atom is -0.350 e. The highest BCUT2D eigenvalue weighted by atomic mass is 32.2. The van der Waals surface area contributed by atoms with Gasteiger partial charge in [-0.25, -0.2) is 13.6 Å². The number of hydrogen-bond donors (Lipinski definition) is 3. The largest absolute Gasteiger partial charge is 0.350 e. The molecule has 0 spiro atoms. The summed E-state index contributed by atoms with van der Waals surface area (Å²) in [6.45, 7) is 0.322. The molecule has 1 amide bonds. The Balaban J connectivity index is 1.97. The zero-order valence-corrected chi connectivity index (χ0v) is 10.5. The number of amides is 1. The lowest BCUT2D eigenvalue weighted by Crippen LogP contribution is -2.42. The molecular weight excluding hydrogens is 254 g/mol. The maximum Gasteiger partial charge on any atom is 0.240 e. The Kier molecular flexibility index (Phi) is 3.14. The zero-order valence-electron chi connectivity index (χ0n) is 9.72. The van der Waals surface area contributed by atoms with Crippen LogP contribution in [0.5, 0.6) is 0 Å². The van der Waals surface area contributed by atoms with Crippen LogP contribution in [0.4, 0.5) is 0 Å². The van der Waals surface area contributed by atoms with Crippen LogP contribution >= 0.6 is 0 Å². The fraction of sp³-hybridized carbons (Fsp3) is 0.364. The van der Waals surface area contributed by atoms with Crippen molar-refractivity contribution >= 4 is 15.9 Å². The van der Waals surface area contributed by atoms with Crippen LogP contribution in [0.25, 0.3) is 0 Å². The van der Waals surface area contributed by atoms with E-state index in [1.54, 1.807) is 12.1 Å². The van der Waals surface area contributed by atoms with Crippen molar-refractivity contribution in [2.45, 2.75) is 29.8 Å². The molecule has 1 aliphatic rings. The van der Waals surface area contributed by atoms with E-state index in [2.05, 4.69) is 5.32 Å². The number of benzene rings is 1. The molecule has 1 aliphatic carbocycles. The summed E-state index contributed by atoms with van der Waals surface area (Å²) in [5.74, 6) is -0.168. The highest BCUT2D eigenvalue weighted by Crippen LogP contribution is 2.32. The molecule has 1 aromatic rings. The van der Waals surface area contributed by atoms with E-state index in [1.807, 2.05) is 0 Å². The van der Waals surface area contributed by atoms with E-state index in [0.717, 1.165) is 5.56 Å². The first kappa shape index (κ1) is 13.0. The quantitative estimate of drug-likeness (QED) is 0.679. The van der Waals surface area contributed by atoms with Crippen LogP contribution in [-0.2, 0) is 21.4 Å². The Morgan fingerprint density at radius 2 is 1.83 bits per heavy atom. The average molecular weight is 269 g/mol. The van der Waals surface area contributed by atoms with Crippen LogP contribution in [0.1, 0.15) is 18.4 Å². The summed E-state index contributed by atoms with van der Waals surface area (Å²) in [6, 6.07) is 6.03. The molecule has 0 aliphatic heterocycles. The molecule has 6 nitrogen and oxygen atoms in total. The minimum atomic E-state index is -3.67.